The van der Waals surface area contributed by atoms with Crippen molar-refractivity contribution in [2.45, 2.75) is 36.8 Å². The third-order valence-electron chi connectivity index (χ3n) is 15.6. The fourth-order valence-electron chi connectivity index (χ4n) is 10.9. The van der Waals surface area contributed by atoms with Gasteiger partial charge in [-0.15, -0.1) is 0 Å². The maximum atomic E-state index is 12.4. The maximum Gasteiger partial charge on any atom is 0.225 e. The minimum absolute atomic E-state index is 0.135. The first kappa shape index (κ1) is 46.5. The summed E-state index contributed by atoms with van der Waals surface area (Å²) in [5, 5.41) is 19.5. The molecule has 2 spiro atoms. The van der Waals surface area contributed by atoms with E-state index in [1.54, 1.807) is 0 Å². The van der Waals surface area contributed by atoms with E-state index in [9.17, 15) is 9.59 Å². The third kappa shape index (κ3) is 10.0. The van der Waals surface area contributed by atoms with Gasteiger partial charge in [0.1, 0.15) is 0 Å². The maximum absolute atomic E-state index is 12.4. The second-order valence-corrected chi connectivity index (χ2v) is 21.7. The molecule has 8 aliphatic rings. The standard InChI is InChI=1S/C27H32N6O2.C21H21BrN4O.C6H12N2O/c34-26(21-1-2-21)31-13-11-30(12-14-31)24-7-8-29-33-16-22(15-25(24)33)20-3-5-23(6-4-20)32-10-9-28-27(17-32)18-35-19-27;22-18-5-3-15(4-6-18)17-13-20-19(7-8-23-26(20)14-17)24-9-11-25(12-10-24)21(27)16-1-2-16;1-2-8-6(3-7-1)4-9-5-6/h3-8,15-16,21,28H,1-2,9-14,17-19H2;3-8,13-14,16H,1-2,9-12H2;7-8H,1-5H2. The van der Waals surface area contributed by atoms with Crippen LogP contribution in [0, 0.1) is 11.8 Å². The first-order valence-corrected chi connectivity index (χ1v) is 26.6. The van der Waals surface area contributed by atoms with Crippen molar-refractivity contribution in [1.82, 2.24) is 45.0 Å². The van der Waals surface area contributed by atoms with Gasteiger partial charge in [0, 0.05) is 150 Å². The number of rotatable bonds is 7. The highest BCUT2D eigenvalue weighted by Gasteiger charge is 2.42. The quantitative estimate of drug-likeness (QED) is 0.198. The van der Waals surface area contributed by atoms with E-state index in [4.69, 9.17) is 9.47 Å². The molecule has 0 radical (unpaired) electrons. The summed E-state index contributed by atoms with van der Waals surface area (Å²) < 4.78 is 15.6. The molecule has 8 fully saturated rings. The van der Waals surface area contributed by atoms with Gasteiger partial charge in [-0.1, -0.05) is 40.2 Å². The van der Waals surface area contributed by atoms with Crippen LogP contribution < -0.4 is 30.7 Å². The van der Waals surface area contributed by atoms with Gasteiger partial charge in [0.2, 0.25) is 11.8 Å². The summed E-state index contributed by atoms with van der Waals surface area (Å²) in [6, 6.07) is 25.9. The topological polar surface area (TPSA) is 139 Å². The van der Waals surface area contributed by atoms with Crippen LogP contribution in [0.25, 0.3) is 33.3 Å². The lowest BCUT2D eigenvalue weighted by molar-refractivity contribution is -0.133. The summed E-state index contributed by atoms with van der Waals surface area (Å²) in [7, 11) is 0. The van der Waals surface area contributed by atoms with Crippen molar-refractivity contribution < 1.29 is 19.1 Å². The monoisotopic (exact) mass is 1020 g/mol. The molecule has 0 unspecified atom stereocenters. The molecule has 71 heavy (non-hydrogen) atoms. The average molecular weight is 1030 g/mol. The Labute approximate surface area is 423 Å². The Kier molecular flexibility index (Phi) is 13.0. The highest BCUT2D eigenvalue weighted by atomic mass is 79.9. The lowest BCUT2D eigenvalue weighted by Gasteiger charge is -2.49. The number of aromatic nitrogens is 4. The van der Waals surface area contributed by atoms with Crippen LogP contribution in [0.15, 0.2) is 102 Å². The smallest absolute Gasteiger partial charge is 0.225 e. The zero-order valence-electron chi connectivity index (χ0n) is 40.5. The third-order valence-corrected chi connectivity index (χ3v) is 16.1. The van der Waals surface area contributed by atoms with Crippen LogP contribution in [-0.4, -0.2) is 170 Å². The number of hydrogen-bond acceptors (Lipinski definition) is 12. The molecule has 4 aromatic heterocycles. The summed E-state index contributed by atoms with van der Waals surface area (Å²) in [6.45, 7) is 16.4. The highest BCUT2D eigenvalue weighted by molar-refractivity contribution is 9.10. The van der Waals surface area contributed by atoms with Gasteiger partial charge in [-0.3, -0.25) is 9.59 Å². The molecular weight excluding hydrogens is 961 g/mol. The second-order valence-electron chi connectivity index (χ2n) is 20.8. The number of amides is 2. The van der Waals surface area contributed by atoms with E-state index in [0.29, 0.717) is 29.2 Å². The van der Waals surface area contributed by atoms with Crippen molar-refractivity contribution in [2.75, 3.05) is 133 Å². The number of carbonyl (C=O) groups excluding carboxylic acids is 2. The molecule has 0 atom stereocenters. The molecule has 2 saturated carbocycles. The number of ether oxygens (including phenoxy) is 2. The molecule has 10 heterocycles. The lowest BCUT2D eigenvalue weighted by atomic mass is 9.94. The second kappa shape index (κ2) is 19.8. The molecule has 372 valence electrons. The van der Waals surface area contributed by atoms with E-state index in [-0.39, 0.29) is 5.54 Å². The Morgan fingerprint density at radius 3 is 1.48 bits per heavy atom. The summed E-state index contributed by atoms with van der Waals surface area (Å²) in [6.07, 6.45) is 12.2. The van der Waals surface area contributed by atoms with E-state index in [1.807, 2.05) is 26.3 Å². The van der Waals surface area contributed by atoms with E-state index in [2.05, 4.69) is 147 Å². The first-order chi connectivity index (χ1) is 34.8. The molecule has 2 aliphatic carbocycles. The molecule has 6 aliphatic heterocycles. The molecule has 16 nitrogen and oxygen atoms in total. The van der Waals surface area contributed by atoms with Crippen LogP contribution in [0.5, 0.6) is 0 Å². The zero-order chi connectivity index (χ0) is 47.9. The molecule has 6 saturated heterocycles. The highest BCUT2D eigenvalue weighted by Crippen LogP contribution is 2.35. The Hall–Kier alpha value is -5.56. The summed E-state index contributed by atoms with van der Waals surface area (Å²) in [4.78, 5) is 36.0. The van der Waals surface area contributed by atoms with E-state index < -0.39 is 0 Å². The number of carbonyl (C=O) groups is 2. The molecule has 14 rings (SSSR count). The van der Waals surface area contributed by atoms with E-state index in [0.717, 1.165) is 165 Å². The van der Waals surface area contributed by atoms with Crippen molar-refractivity contribution in [3.8, 4) is 22.3 Å². The Balaban J connectivity index is 0.000000126. The van der Waals surface area contributed by atoms with Gasteiger partial charge in [0.05, 0.1) is 59.9 Å². The number of anilines is 3. The van der Waals surface area contributed by atoms with Gasteiger partial charge in [-0.05, 0) is 85.3 Å². The molecule has 3 N–H and O–H groups in total. The number of piperazine rings is 4. The minimum Gasteiger partial charge on any atom is -0.377 e. The first-order valence-electron chi connectivity index (χ1n) is 25.8. The van der Waals surface area contributed by atoms with Crippen LogP contribution in [0.2, 0.25) is 0 Å². The van der Waals surface area contributed by atoms with Crippen LogP contribution in [0.3, 0.4) is 0 Å². The number of hydrogen-bond donors (Lipinski definition) is 3. The van der Waals surface area contributed by atoms with Gasteiger partial charge in [-0.2, -0.15) is 10.2 Å². The number of halogens is 1. The zero-order valence-corrected chi connectivity index (χ0v) is 42.1. The largest absolute Gasteiger partial charge is 0.377 e. The van der Waals surface area contributed by atoms with Gasteiger partial charge in [-0.25, -0.2) is 9.03 Å². The van der Waals surface area contributed by atoms with Gasteiger partial charge in [0.25, 0.3) is 0 Å². The average Bonchev–Trinajstić information content (AvgIpc) is 4.35. The molecular formula is C54H65BrN12O4. The molecule has 2 amide bonds. The van der Waals surface area contributed by atoms with Crippen molar-refractivity contribution in [1.29, 1.82) is 0 Å². The SMILES string of the molecule is C1CNC2(CN1)COC2.O=C(C1CC1)N1CCN(c2ccnn3cc(-c4ccc(Br)cc4)cc23)CC1.O=C(C1CC1)N1CCN(c2ccnn3cc(-c4ccc(N5CCNC6(COC6)C5)cc4)cc23)CC1. The minimum atomic E-state index is 0.135. The molecule has 0 bridgehead atoms. The molecule has 2 aromatic carbocycles. The Bertz CT molecular complexity index is 2830. The van der Waals surface area contributed by atoms with Crippen molar-refractivity contribution in [3.63, 3.8) is 0 Å². The van der Waals surface area contributed by atoms with Gasteiger partial charge >= 0.3 is 0 Å². The van der Waals surface area contributed by atoms with Crippen LogP contribution in [0.1, 0.15) is 25.7 Å². The molecule has 6 aromatic rings. The van der Waals surface area contributed by atoms with Gasteiger partial charge < -0.3 is 49.9 Å². The van der Waals surface area contributed by atoms with Crippen molar-refractivity contribution >= 4 is 55.8 Å². The Morgan fingerprint density at radius 1 is 0.549 bits per heavy atom. The summed E-state index contributed by atoms with van der Waals surface area (Å²) in [5.41, 5.74) is 11.0. The van der Waals surface area contributed by atoms with Crippen LogP contribution in [-0.2, 0) is 19.1 Å². The van der Waals surface area contributed by atoms with Crippen LogP contribution in [0.4, 0.5) is 17.1 Å². The number of benzene rings is 2. The van der Waals surface area contributed by atoms with Crippen molar-refractivity contribution in [2.24, 2.45) is 11.8 Å². The Morgan fingerprint density at radius 2 is 1.04 bits per heavy atom. The predicted octanol–water partition coefficient (Wildman–Crippen LogP) is 5.01. The van der Waals surface area contributed by atoms with E-state index in [1.165, 1.54) is 33.8 Å². The van der Waals surface area contributed by atoms with E-state index >= 15 is 0 Å². The van der Waals surface area contributed by atoms with Gasteiger partial charge in [0.15, 0.2) is 0 Å². The lowest BCUT2D eigenvalue weighted by Crippen LogP contribution is -2.70. The van der Waals surface area contributed by atoms with Crippen molar-refractivity contribution in [3.05, 3.63) is 102 Å². The van der Waals surface area contributed by atoms with Crippen LogP contribution >= 0.6 is 15.9 Å². The predicted molar refractivity (Wildman–Crippen MR) is 280 cm³/mol. The number of nitrogens with one attached hydrogen (secondary N) is 3. The summed E-state index contributed by atoms with van der Waals surface area (Å²) >= 11 is 3.49. The number of nitrogens with zero attached hydrogens (tertiary/aromatic N) is 9. The fourth-order valence-corrected chi connectivity index (χ4v) is 11.2. The molecule has 17 heteroatoms. The fraction of sp³-hybridized carbons (Fsp3) is 0.481. The normalized spacial score (nSPS) is 21.6. The summed E-state index contributed by atoms with van der Waals surface area (Å²) in [5.74, 6) is 1.32. The number of fused-ring (bicyclic) bond motifs is 2.